The van der Waals surface area contributed by atoms with E-state index in [-0.39, 0.29) is 5.97 Å². The van der Waals surface area contributed by atoms with Crippen molar-refractivity contribution in [3.8, 4) is 0 Å². The number of thioether (sulfide) groups is 1. The normalized spacial score (nSPS) is 15.6. The van der Waals surface area contributed by atoms with Gasteiger partial charge in [0.2, 0.25) is 0 Å². The van der Waals surface area contributed by atoms with Gasteiger partial charge in [-0.15, -0.1) is 11.8 Å². The van der Waals surface area contributed by atoms with Gasteiger partial charge in [-0.2, -0.15) is 0 Å². The lowest BCUT2D eigenvalue weighted by Crippen LogP contribution is -2.50. The molecule has 2 atom stereocenters. The van der Waals surface area contributed by atoms with Gasteiger partial charge >= 0.3 is 5.97 Å². The number of aromatic nitrogens is 1. The molecule has 1 aromatic rings. The Morgan fingerprint density at radius 2 is 2.16 bits per heavy atom. The Kier molecular flexibility index (Phi) is 6.31. The number of ether oxygens (including phenoxy) is 1. The predicted octanol–water partition coefficient (Wildman–Crippen LogP) is 2.49. The number of rotatable bonds is 7. The number of carbonyl (C=O) groups excluding carboxylic acids is 1. The molecule has 5 heteroatoms. The van der Waals surface area contributed by atoms with E-state index >= 15 is 0 Å². The fraction of sp³-hybridized carbons (Fsp3) is 0.571. The molecule has 1 rings (SSSR count). The van der Waals surface area contributed by atoms with Gasteiger partial charge in [0.25, 0.3) is 0 Å². The van der Waals surface area contributed by atoms with Crippen LogP contribution in [-0.2, 0) is 9.53 Å². The fourth-order valence-corrected chi connectivity index (χ4v) is 3.00. The van der Waals surface area contributed by atoms with Crippen LogP contribution in [0.1, 0.15) is 27.2 Å². The van der Waals surface area contributed by atoms with Crippen LogP contribution >= 0.6 is 11.8 Å². The highest BCUT2D eigenvalue weighted by Gasteiger charge is 2.34. The topological polar surface area (TPSA) is 51.2 Å². The second-order valence-electron chi connectivity index (χ2n) is 4.62. The van der Waals surface area contributed by atoms with E-state index in [0.29, 0.717) is 18.3 Å². The first-order valence-electron chi connectivity index (χ1n) is 6.44. The SMILES string of the molecule is CCOC(=O)C(C)(CC(C)Sc1ccncc1)NC. The predicted molar refractivity (Wildman–Crippen MR) is 78.3 cm³/mol. The standard InChI is InChI=1S/C14H22N2O2S/c1-5-18-13(17)14(3,15-4)10-11(2)19-12-6-8-16-9-7-12/h6-9,11,15H,5,10H2,1-4H3. The molecule has 0 radical (unpaired) electrons. The van der Waals surface area contributed by atoms with Crippen molar-refractivity contribution in [2.24, 2.45) is 0 Å². The number of hydrogen-bond acceptors (Lipinski definition) is 5. The van der Waals surface area contributed by atoms with Gasteiger partial charge in [-0.3, -0.25) is 9.78 Å². The zero-order chi connectivity index (χ0) is 14.3. The molecule has 0 aliphatic carbocycles. The maximum Gasteiger partial charge on any atom is 0.326 e. The molecular weight excluding hydrogens is 260 g/mol. The molecule has 106 valence electrons. The number of esters is 1. The van der Waals surface area contributed by atoms with Crippen molar-refractivity contribution in [3.05, 3.63) is 24.5 Å². The monoisotopic (exact) mass is 282 g/mol. The van der Waals surface area contributed by atoms with Crippen LogP contribution in [0.3, 0.4) is 0 Å². The van der Waals surface area contributed by atoms with Crippen LogP contribution in [-0.4, -0.2) is 35.4 Å². The number of carbonyl (C=O) groups is 1. The Balaban J connectivity index is 2.62. The third-order valence-electron chi connectivity index (χ3n) is 2.96. The van der Waals surface area contributed by atoms with Crippen molar-refractivity contribution in [2.75, 3.05) is 13.7 Å². The van der Waals surface area contributed by atoms with Gasteiger partial charge in [0, 0.05) is 22.5 Å². The third-order valence-corrected chi connectivity index (χ3v) is 4.07. The maximum atomic E-state index is 12.0. The number of likely N-dealkylation sites (N-methyl/N-ethyl adjacent to an activating group) is 1. The van der Waals surface area contributed by atoms with Crippen LogP contribution in [0.4, 0.5) is 0 Å². The van der Waals surface area contributed by atoms with Gasteiger partial charge in [0.15, 0.2) is 0 Å². The second kappa shape index (κ2) is 7.50. The minimum atomic E-state index is -0.643. The van der Waals surface area contributed by atoms with Crippen molar-refractivity contribution in [3.63, 3.8) is 0 Å². The molecule has 1 N–H and O–H groups in total. The molecule has 2 unspecified atom stereocenters. The van der Waals surface area contributed by atoms with E-state index in [1.54, 1.807) is 31.2 Å². The summed E-state index contributed by atoms with van der Waals surface area (Å²) in [6.07, 6.45) is 4.25. The molecule has 0 bridgehead atoms. The lowest BCUT2D eigenvalue weighted by Gasteiger charge is -2.29. The molecule has 0 spiro atoms. The first-order valence-corrected chi connectivity index (χ1v) is 7.32. The summed E-state index contributed by atoms with van der Waals surface area (Å²) in [5.41, 5.74) is -0.643. The Hall–Kier alpha value is -1.07. The molecule has 19 heavy (non-hydrogen) atoms. The summed E-state index contributed by atoms with van der Waals surface area (Å²) in [6.45, 7) is 6.22. The average molecular weight is 282 g/mol. The largest absolute Gasteiger partial charge is 0.465 e. The van der Waals surface area contributed by atoms with Gasteiger partial charge in [-0.05, 0) is 39.4 Å². The quantitative estimate of drug-likeness (QED) is 0.615. The average Bonchev–Trinajstić information content (AvgIpc) is 2.39. The first kappa shape index (κ1) is 16.0. The van der Waals surface area contributed by atoms with Crippen molar-refractivity contribution in [1.82, 2.24) is 10.3 Å². The molecule has 4 nitrogen and oxygen atoms in total. The first-order chi connectivity index (χ1) is 9.01. The van der Waals surface area contributed by atoms with E-state index in [9.17, 15) is 4.79 Å². The van der Waals surface area contributed by atoms with E-state index in [0.717, 1.165) is 4.90 Å². The summed E-state index contributed by atoms with van der Waals surface area (Å²) in [6, 6.07) is 3.95. The molecule has 0 fully saturated rings. The molecule has 0 saturated heterocycles. The summed E-state index contributed by atoms with van der Waals surface area (Å²) in [5.74, 6) is -0.195. The van der Waals surface area contributed by atoms with E-state index in [1.807, 2.05) is 26.0 Å². The molecule has 0 aromatic carbocycles. The van der Waals surface area contributed by atoms with Gasteiger partial charge < -0.3 is 10.1 Å². The van der Waals surface area contributed by atoms with Gasteiger partial charge in [-0.1, -0.05) is 6.92 Å². The van der Waals surface area contributed by atoms with Crippen molar-refractivity contribution in [2.45, 2.75) is 42.9 Å². The zero-order valence-electron chi connectivity index (χ0n) is 12.0. The van der Waals surface area contributed by atoms with Crippen molar-refractivity contribution >= 4 is 17.7 Å². The van der Waals surface area contributed by atoms with E-state index in [4.69, 9.17) is 4.74 Å². The molecular formula is C14H22N2O2S. The van der Waals surface area contributed by atoms with Crippen LogP contribution < -0.4 is 5.32 Å². The lowest BCUT2D eigenvalue weighted by atomic mass is 9.96. The smallest absolute Gasteiger partial charge is 0.326 e. The van der Waals surface area contributed by atoms with Crippen LogP contribution in [0.2, 0.25) is 0 Å². The number of pyridine rings is 1. The Morgan fingerprint density at radius 3 is 2.68 bits per heavy atom. The van der Waals surface area contributed by atoms with Gasteiger partial charge in [-0.25, -0.2) is 0 Å². The van der Waals surface area contributed by atoms with Crippen LogP contribution in [0.15, 0.2) is 29.4 Å². The van der Waals surface area contributed by atoms with Crippen LogP contribution in [0.5, 0.6) is 0 Å². The van der Waals surface area contributed by atoms with Crippen LogP contribution in [0.25, 0.3) is 0 Å². The maximum absolute atomic E-state index is 12.0. The summed E-state index contributed by atoms with van der Waals surface area (Å²) < 4.78 is 5.13. The Bertz CT molecular complexity index is 400. The van der Waals surface area contributed by atoms with Gasteiger partial charge in [0.05, 0.1) is 6.61 Å². The number of hydrogen-bond donors (Lipinski definition) is 1. The highest BCUT2D eigenvalue weighted by atomic mass is 32.2. The Labute approximate surface area is 119 Å². The van der Waals surface area contributed by atoms with Crippen molar-refractivity contribution in [1.29, 1.82) is 0 Å². The Morgan fingerprint density at radius 1 is 1.53 bits per heavy atom. The number of nitrogens with one attached hydrogen (secondary N) is 1. The lowest BCUT2D eigenvalue weighted by molar-refractivity contribution is -0.150. The molecule has 0 saturated carbocycles. The summed E-state index contributed by atoms with van der Waals surface area (Å²) in [7, 11) is 1.79. The fourth-order valence-electron chi connectivity index (χ4n) is 1.84. The van der Waals surface area contributed by atoms with Gasteiger partial charge in [0.1, 0.15) is 5.54 Å². The second-order valence-corrected chi connectivity index (χ2v) is 6.13. The highest BCUT2D eigenvalue weighted by molar-refractivity contribution is 7.99. The van der Waals surface area contributed by atoms with Crippen molar-refractivity contribution < 1.29 is 9.53 Å². The summed E-state index contributed by atoms with van der Waals surface area (Å²) in [4.78, 5) is 17.1. The molecule has 0 amide bonds. The molecule has 1 heterocycles. The van der Waals surface area contributed by atoms with E-state index < -0.39 is 5.54 Å². The minimum Gasteiger partial charge on any atom is -0.465 e. The third kappa shape index (κ3) is 4.84. The molecule has 0 aliphatic rings. The van der Waals surface area contributed by atoms with E-state index in [1.165, 1.54) is 0 Å². The van der Waals surface area contributed by atoms with Crippen LogP contribution in [0, 0.1) is 0 Å². The number of nitrogens with zero attached hydrogens (tertiary/aromatic N) is 1. The van der Waals surface area contributed by atoms with E-state index in [2.05, 4.69) is 17.2 Å². The summed E-state index contributed by atoms with van der Waals surface area (Å²) >= 11 is 1.73. The molecule has 1 aromatic heterocycles. The highest BCUT2D eigenvalue weighted by Crippen LogP contribution is 2.28. The summed E-state index contributed by atoms with van der Waals surface area (Å²) in [5, 5.41) is 3.38. The minimum absolute atomic E-state index is 0.195. The zero-order valence-corrected chi connectivity index (χ0v) is 12.8. The molecule has 0 aliphatic heterocycles.